The predicted octanol–water partition coefficient (Wildman–Crippen LogP) is 4.90. The lowest BCUT2D eigenvalue weighted by Gasteiger charge is -2.41. The Morgan fingerprint density at radius 2 is 2.09 bits per heavy atom. The van der Waals surface area contributed by atoms with Gasteiger partial charge in [-0.05, 0) is 68.4 Å². The number of anilines is 1. The Hall–Kier alpha value is -2.64. The zero-order chi connectivity index (χ0) is 23.9. The maximum Gasteiger partial charge on any atom is 0.307 e. The van der Waals surface area contributed by atoms with Gasteiger partial charge in [-0.3, -0.25) is 9.78 Å². The van der Waals surface area contributed by atoms with Gasteiger partial charge in [0.1, 0.15) is 0 Å². The summed E-state index contributed by atoms with van der Waals surface area (Å²) in [5, 5.41) is 4.64. The van der Waals surface area contributed by atoms with Crippen LogP contribution in [0.1, 0.15) is 56.1 Å². The molecule has 0 saturated carbocycles. The first-order valence-electron chi connectivity index (χ1n) is 11.0. The topological polar surface area (TPSA) is 57.7 Å². The van der Waals surface area contributed by atoms with Crippen LogP contribution in [0.4, 0.5) is 5.69 Å². The summed E-state index contributed by atoms with van der Waals surface area (Å²) in [5.74, 6) is -0.281. The van der Waals surface area contributed by atoms with Gasteiger partial charge in [-0.25, -0.2) is 0 Å². The van der Waals surface area contributed by atoms with Gasteiger partial charge in [-0.1, -0.05) is 23.7 Å². The van der Waals surface area contributed by atoms with Crippen molar-refractivity contribution < 1.29 is 9.53 Å². The number of carbonyl (C=O) groups is 1. The number of hydrogen-bond donors (Lipinski definition) is 1. The lowest BCUT2D eigenvalue weighted by atomic mass is 9.86. The molecule has 174 valence electrons. The number of thiocarbonyl (C=S) groups is 1. The second-order valence-electron chi connectivity index (χ2n) is 9.08. The van der Waals surface area contributed by atoms with Gasteiger partial charge in [-0.15, -0.1) is 0 Å². The third-order valence-electron chi connectivity index (χ3n) is 6.64. The van der Waals surface area contributed by atoms with Crippen LogP contribution in [0.2, 0.25) is 5.02 Å². The molecule has 2 aliphatic heterocycles. The average Bonchev–Trinajstić information content (AvgIpc) is 3.11. The van der Waals surface area contributed by atoms with E-state index in [-0.39, 0.29) is 30.0 Å². The number of rotatable bonds is 5. The highest BCUT2D eigenvalue weighted by Gasteiger charge is 2.41. The molecule has 0 amide bonds. The van der Waals surface area contributed by atoms with Crippen LogP contribution < -0.4 is 10.2 Å². The normalized spacial score (nSPS) is 21.4. The molecular weight excluding hydrogens is 456 g/mol. The molecule has 1 saturated heterocycles. The maximum atomic E-state index is 11.9. The van der Waals surface area contributed by atoms with Gasteiger partial charge in [0.25, 0.3) is 0 Å². The Balaban J connectivity index is 1.82. The first-order valence-corrected chi connectivity index (χ1v) is 11.7. The SMILES string of the molecule is COC(=O)CCN1C(=S)NC(c2ccccn2)C1c1cc2c(cc1Cl)N(C)C(C)(C)C=C2C. The van der Waals surface area contributed by atoms with E-state index in [2.05, 4.69) is 55.2 Å². The fourth-order valence-electron chi connectivity index (χ4n) is 4.71. The number of esters is 1. The van der Waals surface area contributed by atoms with Gasteiger partial charge < -0.3 is 19.9 Å². The number of ether oxygens (including phenoxy) is 1. The summed E-state index contributed by atoms with van der Waals surface area (Å²) >= 11 is 12.6. The van der Waals surface area contributed by atoms with Crippen molar-refractivity contribution in [3.05, 3.63) is 64.4 Å². The minimum atomic E-state index is -0.281. The van der Waals surface area contributed by atoms with Crippen molar-refractivity contribution in [1.29, 1.82) is 0 Å². The van der Waals surface area contributed by atoms with Crippen LogP contribution in [0.5, 0.6) is 0 Å². The second kappa shape index (κ2) is 8.95. The van der Waals surface area contributed by atoms with E-state index in [1.807, 2.05) is 29.2 Å². The summed E-state index contributed by atoms with van der Waals surface area (Å²) in [4.78, 5) is 20.7. The molecule has 1 aromatic heterocycles. The third-order valence-corrected chi connectivity index (χ3v) is 7.32. The van der Waals surface area contributed by atoms with Crippen LogP contribution >= 0.6 is 23.8 Å². The number of allylic oxidation sites excluding steroid dienone is 1. The largest absolute Gasteiger partial charge is 0.469 e. The maximum absolute atomic E-state index is 11.9. The summed E-state index contributed by atoms with van der Waals surface area (Å²) in [7, 11) is 3.48. The molecule has 6 nitrogen and oxygen atoms in total. The molecule has 0 bridgehead atoms. The zero-order valence-corrected chi connectivity index (χ0v) is 21.1. The monoisotopic (exact) mass is 484 g/mol. The number of fused-ring (bicyclic) bond motifs is 1. The summed E-state index contributed by atoms with van der Waals surface area (Å²) < 4.78 is 4.86. The van der Waals surface area contributed by atoms with E-state index in [0.29, 0.717) is 16.7 Å². The van der Waals surface area contributed by atoms with E-state index < -0.39 is 0 Å². The number of methoxy groups -OCH3 is 1. The Kier molecular flexibility index (Phi) is 6.38. The number of halogens is 1. The van der Waals surface area contributed by atoms with Gasteiger partial charge in [0, 0.05) is 36.1 Å². The molecule has 3 heterocycles. The average molecular weight is 485 g/mol. The molecule has 2 aromatic rings. The first kappa shape index (κ1) is 23.5. The molecule has 2 unspecified atom stereocenters. The number of aromatic nitrogens is 1. The molecule has 1 aromatic carbocycles. The standard InChI is InChI=1S/C25H29ClN4O2S/c1-15-14-25(2,3)29(4)20-13-18(26)17(12-16(15)20)23-22(19-8-6-7-10-27-19)28-24(33)30(23)11-9-21(31)32-5/h6-8,10,12-14,22-23H,9,11H2,1-5H3,(H,28,33). The van der Waals surface area contributed by atoms with Crippen molar-refractivity contribution in [3.8, 4) is 0 Å². The number of hydrogen-bond acceptors (Lipinski definition) is 5. The van der Waals surface area contributed by atoms with E-state index in [0.717, 1.165) is 22.5 Å². The molecule has 4 rings (SSSR count). The van der Waals surface area contributed by atoms with Crippen LogP contribution in [0.3, 0.4) is 0 Å². The lowest BCUT2D eigenvalue weighted by molar-refractivity contribution is -0.140. The number of nitrogens with one attached hydrogen (secondary N) is 1. The van der Waals surface area contributed by atoms with E-state index >= 15 is 0 Å². The van der Waals surface area contributed by atoms with Crippen molar-refractivity contribution in [3.63, 3.8) is 0 Å². The highest BCUT2D eigenvalue weighted by molar-refractivity contribution is 7.80. The van der Waals surface area contributed by atoms with Crippen molar-refractivity contribution in [1.82, 2.24) is 15.2 Å². The Morgan fingerprint density at radius 1 is 1.33 bits per heavy atom. The number of nitrogens with zero attached hydrogens (tertiary/aromatic N) is 3. The van der Waals surface area contributed by atoms with E-state index in [4.69, 9.17) is 28.6 Å². The second-order valence-corrected chi connectivity index (χ2v) is 9.87. The summed E-state index contributed by atoms with van der Waals surface area (Å²) in [6, 6.07) is 9.61. The Morgan fingerprint density at radius 3 is 2.76 bits per heavy atom. The molecule has 1 fully saturated rings. The highest BCUT2D eigenvalue weighted by atomic mass is 35.5. The molecule has 0 radical (unpaired) electrons. The summed E-state index contributed by atoms with van der Waals surface area (Å²) in [6.45, 7) is 6.92. The van der Waals surface area contributed by atoms with E-state index in [1.54, 1.807) is 6.20 Å². The first-order chi connectivity index (χ1) is 15.6. The Labute approximate surface area is 205 Å². The van der Waals surface area contributed by atoms with Crippen LogP contribution in [0.25, 0.3) is 5.57 Å². The molecule has 0 aliphatic carbocycles. The predicted molar refractivity (Wildman–Crippen MR) is 136 cm³/mol. The number of likely N-dealkylation sites (N-methyl/N-ethyl adjacent to an activating group) is 1. The lowest BCUT2D eigenvalue weighted by Crippen LogP contribution is -2.42. The fraction of sp³-hybridized carbons (Fsp3) is 0.400. The van der Waals surface area contributed by atoms with Crippen molar-refractivity contribution in [2.75, 3.05) is 25.6 Å². The molecule has 8 heteroatoms. The molecule has 1 N–H and O–H groups in total. The van der Waals surface area contributed by atoms with Gasteiger partial charge in [0.15, 0.2) is 5.11 Å². The Bertz CT molecular complexity index is 1120. The van der Waals surface area contributed by atoms with Crippen molar-refractivity contribution in [2.45, 2.75) is 44.8 Å². The molecule has 2 atom stereocenters. The summed E-state index contributed by atoms with van der Waals surface area (Å²) in [5.41, 5.74) is 5.14. The zero-order valence-electron chi connectivity index (χ0n) is 19.6. The highest BCUT2D eigenvalue weighted by Crippen LogP contribution is 2.46. The smallest absolute Gasteiger partial charge is 0.307 e. The number of carbonyl (C=O) groups excluding carboxylic acids is 1. The molecular formula is C25H29ClN4O2S. The van der Waals surface area contributed by atoms with E-state index in [9.17, 15) is 4.79 Å². The van der Waals surface area contributed by atoms with Crippen molar-refractivity contribution >= 4 is 46.2 Å². The van der Waals surface area contributed by atoms with Gasteiger partial charge in [-0.2, -0.15) is 0 Å². The van der Waals surface area contributed by atoms with Crippen LogP contribution in [0, 0.1) is 0 Å². The van der Waals surface area contributed by atoms with Crippen LogP contribution in [-0.4, -0.2) is 47.2 Å². The van der Waals surface area contributed by atoms with Crippen LogP contribution in [0.15, 0.2) is 42.6 Å². The third kappa shape index (κ3) is 4.32. The fourth-order valence-corrected chi connectivity index (χ4v) is 5.31. The van der Waals surface area contributed by atoms with Gasteiger partial charge in [0.05, 0.1) is 36.8 Å². The summed E-state index contributed by atoms with van der Waals surface area (Å²) in [6.07, 6.45) is 4.27. The van der Waals surface area contributed by atoms with E-state index in [1.165, 1.54) is 12.7 Å². The quantitative estimate of drug-likeness (QED) is 0.478. The minimum absolute atomic E-state index is 0.110. The minimum Gasteiger partial charge on any atom is -0.469 e. The van der Waals surface area contributed by atoms with Crippen LogP contribution in [-0.2, 0) is 9.53 Å². The van der Waals surface area contributed by atoms with Gasteiger partial charge >= 0.3 is 5.97 Å². The van der Waals surface area contributed by atoms with Gasteiger partial charge in [0.2, 0.25) is 0 Å². The number of benzene rings is 1. The molecule has 2 aliphatic rings. The molecule has 33 heavy (non-hydrogen) atoms. The number of pyridine rings is 1. The van der Waals surface area contributed by atoms with Crippen molar-refractivity contribution in [2.24, 2.45) is 0 Å². The molecule has 0 spiro atoms.